The second kappa shape index (κ2) is 8.99. The standard InChI is InChI=1S/C18H26O3S/c1-14-7-9-15(10-8-14)22-16(6-5-11-21-13-19)12-17(20)18(2,3)4/h7-10,13,16H,5-6,11-12H2,1-4H3. The van der Waals surface area contributed by atoms with Gasteiger partial charge in [0.15, 0.2) is 0 Å². The van der Waals surface area contributed by atoms with E-state index in [9.17, 15) is 9.59 Å². The summed E-state index contributed by atoms with van der Waals surface area (Å²) < 4.78 is 4.75. The fourth-order valence-electron chi connectivity index (χ4n) is 1.97. The number of benzene rings is 1. The summed E-state index contributed by atoms with van der Waals surface area (Å²) in [6.07, 6.45) is 2.18. The first kappa shape index (κ1) is 18.8. The summed E-state index contributed by atoms with van der Waals surface area (Å²) in [5.41, 5.74) is 0.914. The van der Waals surface area contributed by atoms with Gasteiger partial charge in [0.1, 0.15) is 5.78 Å². The molecule has 1 aromatic carbocycles. The van der Waals surface area contributed by atoms with E-state index in [1.807, 2.05) is 20.8 Å². The van der Waals surface area contributed by atoms with Gasteiger partial charge >= 0.3 is 0 Å². The van der Waals surface area contributed by atoms with Crippen molar-refractivity contribution in [1.29, 1.82) is 0 Å². The number of ether oxygens (including phenoxy) is 1. The highest BCUT2D eigenvalue weighted by Gasteiger charge is 2.25. The second-order valence-corrected chi connectivity index (χ2v) is 7.91. The zero-order valence-electron chi connectivity index (χ0n) is 13.9. The quantitative estimate of drug-likeness (QED) is 0.383. The Morgan fingerprint density at radius 2 is 1.91 bits per heavy atom. The van der Waals surface area contributed by atoms with Crippen molar-refractivity contribution in [3.05, 3.63) is 29.8 Å². The Labute approximate surface area is 137 Å². The average Bonchev–Trinajstić information content (AvgIpc) is 2.44. The van der Waals surface area contributed by atoms with E-state index in [1.165, 1.54) is 10.5 Å². The summed E-state index contributed by atoms with van der Waals surface area (Å²) in [5, 5.41) is 0.213. The number of aryl methyl sites for hydroxylation is 1. The molecule has 4 heteroatoms. The molecule has 1 rings (SSSR count). The molecule has 0 fully saturated rings. The number of ketones is 1. The third-order valence-corrected chi connectivity index (χ3v) is 4.71. The van der Waals surface area contributed by atoms with Gasteiger partial charge in [0.05, 0.1) is 6.61 Å². The van der Waals surface area contributed by atoms with Crippen LogP contribution in [0.4, 0.5) is 0 Å². The molecule has 0 N–H and O–H groups in total. The van der Waals surface area contributed by atoms with E-state index < -0.39 is 0 Å². The number of carbonyl (C=O) groups excluding carboxylic acids is 2. The van der Waals surface area contributed by atoms with Gasteiger partial charge in [-0.3, -0.25) is 9.59 Å². The van der Waals surface area contributed by atoms with E-state index in [4.69, 9.17) is 4.74 Å². The predicted molar refractivity (Wildman–Crippen MR) is 91.2 cm³/mol. The molecule has 0 radical (unpaired) electrons. The van der Waals surface area contributed by atoms with Gasteiger partial charge in [-0.2, -0.15) is 0 Å². The minimum absolute atomic E-state index is 0.213. The van der Waals surface area contributed by atoms with Crippen LogP contribution in [0, 0.1) is 12.3 Å². The molecular formula is C18H26O3S. The zero-order valence-corrected chi connectivity index (χ0v) is 14.7. The van der Waals surface area contributed by atoms with E-state index >= 15 is 0 Å². The molecule has 0 saturated carbocycles. The molecule has 0 heterocycles. The fraction of sp³-hybridized carbons (Fsp3) is 0.556. The monoisotopic (exact) mass is 322 g/mol. The molecule has 1 unspecified atom stereocenters. The summed E-state index contributed by atoms with van der Waals surface area (Å²) >= 11 is 1.74. The van der Waals surface area contributed by atoms with E-state index in [2.05, 4.69) is 31.2 Å². The molecule has 0 saturated heterocycles. The highest BCUT2D eigenvalue weighted by atomic mass is 32.2. The summed E-state index contributed by atoms with van der Waals surface area (Å²) in [6, 6.07) is 8.36. The van der Waals surface area contributed by atoms with E-state index in [0.717, 1.165) is 12.8 Å². The van der Waals surface area contributed by atoms with Crippen molar-refractivity contribution in [2.45, 2.75) is 57.1 Å². The maximum atomic E-state index is 12.3. The lowest BCUT2D eigenvalue weighted by Crippen LogP contribution is -2.24. The zero-order chi connectivity index (χ0) is 16.6. The Balaban J connectivity index is 2.66. The smallest absolute Gasteiger partial charge is 0.293 e. The van der Waals surface area contributed by atoms with Gasteiger partial charge in [0, 0.05) is 22.0 Å². The lowest BCUT2D eigenvalue weighted by atomic mass is 9.87. The topological polar surface area (TPSA) is 43.4 Å². The van der Waals surface area contributed by atoms with Gasteiger partial charge in [-0.1, -0.05) is 38.5 Å². The molecule has 22 heavy (non-hydrogen) atoms. The molecule has 0 aliphatic carbocycles. The van der Waals surface area contributed by atoms with E-state index in [-0.39, 0.29) is 16.4 Å². The van der Waals surface area contributed by atoms with Crippen molar-refractivity contribution >= 4 is 24.0 Å². The second-order valence-electron chi connectivity index (χ2n) is 6.54. The molecule has 0 aliphatic heterocycles. The van der Waals surface area contributed by atoms with Crippen molar-refractivity contribution in [3.63, 3.8) is 0 Å². The van der Waals surface area contributed by atoms with Crippen molar-refractivity contribution in [2.24, 2.45) is 5.41 Å². The first-order chi connectivity index (χ1) is 10.3. The Kier molecular flexibility index (Phi) is 7.66. The highest BCUT2D eigenvalue weighted by Crippen LogP contribution is 2.31. The molecule has 1 aromatic rings. The largest absolute Gasteiger partial charge is 0.468 e. The van der Waals surface area contributed by atoms with Crippen LogP contribution in [-0.4, -0.2) is 24.1 Å². The third kappa shape index (κ3) is 7.12. The van der Waals surface area contributed by atoms with Gasteiger partial charge in [-0.25, -0.2) is 0 Å². The Bertz CT molecular complexity index is 474. The predicted octanol–water partition coefficient (Wildman–Crippen LogP) is 4.41. The number of hydrogen-bond donors (Lipinski definition) is 0. The number of Topliss-reactive ketones (excluding diaryl/α,β-unsaturated/α-hetero) is 1. The van der Waals surface area contributed by atoms with Gasteiger partial charge in [0.25, 0.3) is 6.47 Å². The summed E-state index contributed by atoms with van der Waals surface area (Å²) in [5.74, 6) is 0.272. The number of hydrogen-bond acceptors (Lipinski definition) is 4. The molecule has 0 bridgehead atoms. The lowest BCUT2D eigenvalue weighted by molar-refractivity contribution is -0.129. The van der Waals surface area contributed by atoms with Crippen molar-refractivity contribution in [3.8, 4) is 0 Å². The van der Waals surface area contributed by atoms with Crippen molar-refractivity contribution in [2.75, 3.05) is 6.61 Å². The maximum Gasteiger partial charge on any atom is 0.293 e. The van der Waals surface area contributed by atoms with Crippen molar-refractivity contribution < 1.29 is 14.3 Å². The van der Waals surface area contributed by atoms with Crippen LogP contribution in [0.5, 0.6) is 0 Å². The van der Waals surface area contributed by atoms with E-state index in [0.29, 0.717) is 19.5 Å². The van der Waals surface area contributed by atoms with Crippen LogP contribution >= 0.6 is 11.8 Å². The maximum absolute atomic E-state index is 12.3. The average molecular weight is 322 g/mol. The normalized spacial score (nSPS) is 12.7. The molecule has 122 valence electrons. The lowest BCUT2D eigenvalue weighted by Gasteiger charge is -2.22. The van der Waals surface area contributed by atoms with Gasteiger partial charge in [-0.15, -0.1) is 11.8 Å². The number of rotatable bonds is 9. The Morgan fingerprint density at radius 1 is 1.27 bits per heavy atom. The number of thioether (sulfide) groups is 1. The van der Waals surface area contributed by atoms with E-state index in [1.54, 1.807) is 11.8 Å². The summed E-state index contributed by atoms with van der Waals surface area (Å²) in [4.78, 5) is 23.7. The number of carbonyl (C=O) groups is 2. The van der Waals surface area contributed by atoms with Gasteiger partial charge in [0.2, 0.25) is 0 Å². The first-order valence-electron chi connectivity index (χ1n) is 7.65. The fourth-order valence-corrected chi connectivity index (χ4v) is 3.16. The SMILES string of the molecule is Cc1ccc(SC(CCCOC=O)CC(=O)C(C)(C)C)cc1. The minimum atomic E-state index is -0.314. The van der Waals surface area contributed by atoms with Crippen LogP contribution in [0.2, 0.25) is 0 Å². The van der Waals surface area contributed by atoms with Crippen LogP contribution in [0.25, 0.3) is 0 Å². The van der Waals surface area contributed by atoms with Crippen LogP contribution < -0.4 is 0 Å². The first-order valence-corrected chi connectivity index (χ1v) is 8.53. The molecule has 3 nitrogen and oxygen atoms in total. The third-order valence-electron chi connectivity index (χ3n) is 3.43. The van der Waals surface area contributed by atoms with Crippen LogP contribution in [0.3, 0.4) is 0 Å². The molecule has 0 aliphatic rings. The summed E-state index contributed by atoms with van der Waals surface area (Å²) in [7, 11) is 0. The Hall–Kier alpha value is -1.29. The Morgan fingerprint density at radius 3 is 2.45 bits per heavy atom. The minimum Gasteiger partial charge on any atom is -0.468 e. The molecular weight excluding hydrogens is 296 g/mol. The van der Waals surface area contributed by atoms with Crippen molar-refractivity contribution in [1.82, 2.24) is 0 Å². The molecule has 0 spiro atoms. The highest BCUT2D eigenvalue weighted by molar-refractivity contribution is 8.00. The molecule has 0 amide bonds. The van der Waals surface area contributed by atoms with Crippen LogP contribution in [0.1, 0.15) is 45.6 Å². The molecule has 1 atom stereocenters. The van der Waals surface area contributed by atoms with Gasteiger partial charge < -0.3 is 4.74 Å². The van der Waals surface area contributed by atoms with Crippen LogP contribution in [-0.2, 0) is 14.3 Å². The molecule has 0 aromatic heterocycles. The van der Waals surface area contributed by atoms with Crippen LogP contribution in [0.15, 0.2) is 29.2 Å². The summed E-state index contributed by atoms with van der Waals surface area (Å²) in [6.45, 7) is 8.82. The van der Waals surface area contributed by atoms with Gasteiger partial charge in [-0.05, 0) is 31.9 Å².